The molecular formula is C22H27N3O2S. The van der Waals surface area contributed by atoms with Crippen LogP contribution in [0.15, 0.2) is 53.4 Å². The van der Waals surface area contributed by atoms with Crippen molar-refractivity contribution < 1.29 is 9.59 Å². The maximum Gasteiger partial charge on any atom is 0.252 e. The zero-order chi connectivity index (χ0) is 19.9. The summed E-state index contributed by atoms with van der Waals surface area (Å²) in [5, 5.41) is 9.40. The summed E-state index contributed by atoms with van der Waals surface area (Å²) in [6.45, 7) is 5.99. The number of amides is 2. The molecule has 2 unspecified atom stereocenters. The van der Waals surface area contributed by atoms with Crippen molar-refractivity contribution in [3.05, 3.63) is 59.7 Å². The van der Waals surface area contributed by atoms with Crippen molar-refractivity contribution in [2.75, 3.05) is 24.2 Å². The molecule has 0 aliphatic carbocycles. The highest BCUT2D eigenvalue weighted by Gasteiger charge is 2.24. The highest BCUT2D eigenvalue weighted by Crippen LogP contribution is 2.24. The first-order chi connectivity index (χ1) is 13.5. The molecule has 0 radical (unpaired) electrons. The number of carbonyl (C=O) groups excluding carboxylic acids is 2. The maximum absolute atomic E-state index is 12.8. The average Bonchev–Trinajstić information content (AvgIpc) is 2.70. The minimum Gasteiger partial charge on any atom is -0.349 e. The monoisotopic (exact) mass is 397 g/mol. The molecule has 3 N–H and O–H groups in total. The molecule has 2 aromatic carbocycles. The normalized spacial score (nSPS) is 19.1. The van der Waals surface area contributed by atoms with Crippen molar-refractivity contribution in [3.8, 4) is 0 Å². The summed E-state index contributed by atoms with van der Waals surface area (Å²) in [6.07, 6.45) is 0.932. The van der Waals surface area contributed by atoms with E-state index < -0.39 is 0 Å². The Morgan fingerprint density at radius 2 is 1.89 bits per heavy atom. The summed E-state index contributed by atoms with van der Waals surface area (Å²) in [6, 6.07) is 15.3. The molecule has 1 fully saturated rings. The van der Waals surface area contributed by atoms with Crippen molar-refractivity contribution in [3.63, 3.8) is 0 Å². The minimum absolute atomic E-state index is 0.0687. The van der Waals surface area contributed by atoms with Gasteiger partial charge < -0.3 is 16.0 Å². The molecule has 3 rings (SSSR count). The van der Waals surface area contributed by atoms with Gasteiger partial charge in [-0.1, -0.05) is 36.8 Å². The van der Waals surface area contributed by atoms with E-state index in [1.807, 2.05) is 55.5 Å². The number of piperidine rings is 1. The van der Waals surface area contributed by atoms with Gasteiger partial charge in [-0.15, -0.1) is 11.8 Å². The third-order valence-electron chi connectivity index (χ3n) is 4.93. The molecule has 0 spiro atoms. The van der Waals surface area contributed by atoms with Crippen molar-refractivity contribution >= 4 is 29.3 Å². The van der Waals surface area contributed by atoms with Gasteiger partial charge in [-0.05, 0) is 56.6 Å². The highest BCUT2D eigenvalue weighted by molar-refractivity contribution is 8.00. The summed E-state index contributed by atoms with van der Waals surface area (Å²) in [5.41, 5.74) is 2.55. The lowest BCUT2D eigenvalue weighted by molar-refractivity contribution is -0.113. The van der Waals surface area contributed by atoms with Crippen LogP contribution in [-0.4, -0.2) is 36.7 Å². The Hall–Kier alpha value is -2.31. The first kappa shape index (κ1) is 20.4. The van der Waals surface area contributed by atoms with Gasteiger partial charge in [-0.2, -0.15) is 0 Å². The Bertz CT molecular complexity index is 823. The first-order valence-electron chi connectivity index (χ1n) is 9.63. The van der Waals surface area contributed by atoms with E-state index in [-0.39, 0.29) is 23.6 Å². The number of hydrogen-bond acceptors (Lipinski definition) is 4. The average molecular weight is 398 g/mol. The molecule has 2 amide bonds. The molecule has 0 saturated carbocycles. The van der Waals surface area contributed by atoms with Gasteiger partial charge in [0.15, 0.2) is 0 Å². The van der Waals surface area contributed by atoms with Crippen LogP contribution < -0.4 is 16.0 Å². The molecule has 1 heterocycles. The molecular weight excluding hydrogens is 370 g/mol. The van der Waals surface area contributed by atoms with E-state index in [1.54, 1.807) is 0 Å². The van der Waals surface area contributed by atoms with E-state index in [4.69, 9.17) is 0 Å². The van der Waals surface area contributed by atoms with Gasteiger partial charge in [-0.25, -0.2) is 0 Å². The predicted octanol–water partition coefficient (Wildman–Crippen LogP) is 3.45. The van der Waals surface area contributed by atoms with Gasteiger partial charge in [0.2, 0.25) is 5.91 Å². The lowest BCUT2D eigenvalue weighted by Crippen LogP contribution is -2.48. The van der Waals surface area contributed by atoms with Gasteiger partial charge >= 0.3 is 0 Å². The number of anilines is 1. The van der Waals surface area contributed by atoms with E-state index in [1.165, 1.54) is 11.8 Å². The molecule has 2 atom stereocenters. The van der Waals surface area contributed by atoms with Gasteiger partial charge in [-0.3, -0.25) is 9.59 Å². The SMILES string of the molecule is Cc1ccc(NC(=O)CSc2ccccc2C(=O)NC2CCNCC2C)cc1. The molecule has 6 heteroatoms. The van der Waals surface area contributed by atoms with E-state index in [0.717, 1.165) is 35.7 Å². The molecule has 5 nitrogen and oxygen atoms in total. The molecule has 28 heavy (non-hydrogen) atoms. The third kappa shape index (κ3) is 5.59. The molecule has 1 aliphatic rings. The highest BCUT2D eigenvalue weighted by atomic mass is 32.2. The van der Waals surface area contributed by atoms with Gasteiger partial charge in [0.25, 0.3) is 5.91 Å². The topological polar surface area (TPSA) is 70.2 Å². The van der Waals surface area contributed by atoms with Gasteiger partial charge in [0, 0.05) is 16.6 Å². The fraction of sp³-hybridized carbons (Fsp3) is 0.364. The van der Waals surface area contributed by atoms with Crippen LogP contribution in [0.1, 0.15) is 29.3 Å². The van der Waals surface area contributed by atoms with E-state index in [2.05, 4.69) is 22.9 Å². The molecule has 0 bridgehead atoms. The summed E-state index contributed by atoms with van der Waals surface area (Å²) < 4.78 is 0. The summed E-state index contributed by atoms with van der Waals surface area (Å²) >= 11 is 1.38. The number of aryl methyl sites for hydroxylation is 1. The zero-order valence-electron chi connectivity index (χ0n) is 16.3. The van der Waals surface area contributed by atoms with Crippen molar-refractivity contribution in [1.29, 1.82) is 0 Å². The predicted molar refractivity (Wildman–Crippen MR) is 115 cm³/mol. The third-order valence-corrected chi connectivity index (χ3v) is 6.00. The second-order valence-corrected chi connectivity index (χ2v) is 8.27. The van der Waals surface area contributed by atoms with Crippen LogP contribution in [0.5, 0.6) is 0 Å². The lowest BCUT2D eigenvalue weighted by atomic mass is 9.95. The summed E-state index contributed by atoms with van der Waals surface area (Å²) in [5.74, 6) is 0.497. The van der Waals surface area contributed by atoms with Crippen LogP contribution in [0.4, 0.5) is 5.69 Å². The van der Waals surface area contributed by atoms with Gasteiger partial charge in [0.05, 0.1) is 11.3 Å². The van der Waals surface area contributed by atoms with Crippen molar-refractivity contribution in [2.24, 2.45) is 5.92 Å². The fourth-order valence-electron chi connectivity index (χ4n) is 3.23. The number of rotatable bonds is 6. The molecule has 1 saturated heterocycles. The Labute approximate surface area is 170 Å². The number of carbonyl (C=O) groups is 2. The van der Waals surface area contributed by atoms with Crippen LogP contribution in [0.2, 0.25) is 0 Å². The van der Waals surface area contributed by atoms with E-state index >= 15 is 0 Å². The molecule has 148 valence electrons. The maximum atomic E-state index is 12.8. The standard InChI is InChI=1S/C22H27N3O2S/c1-15-7-9-17(10-8-15)24-21(26)14-28-20-6-4-3-5-18(20)22(27)25-19-11-12-23-13-16(19)2/h3-10,16,19,23H,11-14H2,1-2H3,(H,24,26)(H,25,27). The van der Waals surface area contributed by atoms with Crippen molar-refractivity contribution in [2.45, 2.75) is 31.2 Å². The summed E-state index contributed by atoms with van der Waals surface area (Å²) in [7, 11) is 0. The van der Waals surface area contributed by atoms with Crippen molar-refractivity contribution in [1.82, 2.24) is 10.6 Å². The second-order valence-electron chi connectivity index (χ2n) is 7.25. The first-order valence-corrected chi connectivity index (χ1v) is 10.6. The van der Waals surface area contributed by atoms with Crippen LogP contribution in [0.3, 0.4) is 0 Å². The van der Waals surface area contributed by atoms with Crippen LogP contribution >= 0.6 is 11.8 Å². The van der Waals surface area contributed by atoms with Crippen LogP contribution in [0.25, 0.3) is 0 Å². The largest absolute Gasteiger partial charge is 0.349 e. The number of thioether (sulfide) groups is 1. The number of hydrogen-bond donors (Lipinski definition) is 3. The van der Waals surface area contributed by atoms with E-state index in [0.29, 0.717) is 11.5 Å². The molecule has 2 aromatic rings. The van der Waals surface area contributed by atoms with E-state index in [9.17, 15) is 9.59 Å². The second kappa shape index (κ2) is 9.75. The fourth-order valence-corrected chi connectivity index (χ4v) is 4.08. The molecule has 1 aliphatic heterocycles. The Balaban J connectivity index is 1.59. The summed E-state index contributed by atoms with van der Waals surface area (Å²) in [4.78, 5) is 25.9. The molecule has 0 aromatic heterocycles. The Morgan fingerprint density at radius 1 is 1.14 bits per heavy atom. The van der Waals surface area contributed by atoms with Crippen LogP contribution in [0, 0.1) is 12.8 Å². The Kier molecular flexibility index (Phi) is 7.12. The minimum atomic E-state index is -0.0870. The smallest absolute Gasteiger partial charge is 0.252 e. The number of nitrogens with one attached hydrogen (secondary N) is 3. The lowest BCUT2D eigenvalue weighted by Gasteiger charge is -2.30. The zero-order valence-corrected chi connectivity index (χ0v) is 17.1. The Morgan fingerprint density at radius 3 is 2.64 bits per heavy atom. The van der Waals surface area contributed by atoms with Gasteiger partial charge in [0.1, 0.15) is 0 Å². The number of benzene rings is 2. The van der Waals surface area contributed by atoms with Crippen LogP contribution in [-0.2, 0) is 4.79 Å². The quantitative estimate of drug-likeness (QED) is 0.653.